The number of nitrogens with zero attached hydrogens (tertiary/aromatic N) is 3. The molecule has 0 saturated carbocycles. The van der Waals surface area contributed by atoms with Crippen LogP contribution in [0.2, 0.25) is 0 Å². The molecule has 1 aromatic heterocycles. The van der Waals surface area contributed by atoms with Gasteiger partial charge in [-0.3, -0.25) is 4.90 Å². The van der Waals surface area contributed by atoms with E-state index in [1.165, 1.54) is 12.4 Å². The third-order valence-corrected chi connectivity index (χ3v) is 4.49. The first-order chi connectivity index (χ1) is 9.47. The molecule has 3 N–H and O–H groups in total. The summed E-state index contributed by atoms with van der Waals surface area (Å²) in [5.41, 5.74) is 5.34. The molecule has 1 aliphatic heterocycles. The number of hydrogen-bond acceptors (Lipinski definition) is 7. The van der Waals surface area contributed by atoms with Gasteiger partial charge in [0.25, 0.3) is 0 Å². The van der Waals surface area contributed by atoms with Crippen molar-refractivity contribution in [1.82, 2.24) is 19.6 Å². The SMILES string of the molecule is CC(CN1CCOCC1)NS(=O)(=O)c1cnc(N)nc1. The summed E-state index contributed by atoms with van der Waals surface area (Å²) in [5, 5.41) is 0. The highest BCUT2D eigenvalue weighted by atomic mass is 32.2. The first-order valence-corrected chi connectivity index (χ1v) is 7.85. The van der Waals surface area contributed by atoms with Crippen LogP contribution in [0.4, 0.5) is 5.95 Å². The predicted molar refractivity (Wildman–Crippen MR) is 73.5 cm³/mol. The van der Waals surface area contributed by atoms with Crippen molar-refractivity contribution in [2.24, 2.45) is 0 Å². The molecule has 1 atom stereocenters. The van der Waals surface area contributed by atoms with E-state index in [1.807, 2.05) is 6.92 Å². The lowest BCUT2D eigenvalue weighted by Gasteiger charge is -2.29. The molecule has 1 unspecified atom stereocenters. The number of hydrogen-bond donors (Lipinski definition) is 2. The van der Waals surface area contributed by atoms with Gasteiger partial charge in [0.15, 0.2) is 0 Å². The van der Waals surface area contributed by atoms with Crippen LogP contribution in [-0.4, -0.2) is 62.2 Å². The van der Waals surface area contributed by atoms with Crippen molar-refractivity contribution in [1.29, 1.82) is 0 Å². The molecule has 9 heteroatoms. The zero-order valence-corrected chi connectivity index (χ0v) is 12.1. The van der Waals surface area contributed by atoms with E-state index in [-0.39, 0.29) is 16.9 Å². The van der Waals surface area contributed by atoms with Gasteiger partial charge < -0.3 is 10.5 Å². The van der Waals surface area contributed by atoms with Crippen LogP contribution in [0.25, 0.3) is 0 Å². The Balaban J connectivity index is 1.95. The monoisotopic (exact) mass is 301 g/mol. The largest absolute Gasteiger partial charge is 0.379 e. The lowest BCUT2D eigenvalue weighted by molar-refractivity contribution is 0.0354. The smallest absolute Gasteiger partial charge is 0.243 e. The molecule has 1 aromatic rings. The first kappa shape index (κ1) is 15.1. The van der Waals surface area contributed by atoms with Gasteiger partial charge in [0.05, 0.1) is 25.6 Å². The number of ether oxygens (including phenoxy) is 1. The molecule has 2 rings (SSSR count). The average molecular weight is 301 g/mol. The van der Waals surface area contributed by atoms with Crippen molar-refractivity contribution in [3.05, 3.63) is 12.4 Å². The molecule has 20 heavy (non-hydrogen) atoms. The Hall–Kier alpha value is -1.29. The van der Waals surface area contributed by atoms with Crippen LogP contribution in [-0.2, 0) is 14.8 Å². The maximum absolute atomic E-state index is 12.1. The number of nitrogens with one attached hydrogen (secondary N) is 1. The van der Waals surface area contributed by atoms with E-state index in [2.05, 4.69) is 19.6 Å². The average Bonchev–Trinajstić information content (AvgIpc) is 2.39. The van der Waals surface area contributed by atoms with Gasteiger partial charge in [0, 0.05) is 25.7 Å². The van der Waals surface area contributed by atoms with Crippen molar-refractivity contribution in [3.63, 3.8) is 0 Å². The predicted octanol–water partition coefficient (Wildman–Crippen LogP) is -0.942. The number of nitrogens with two attached hydrogens (primary N) is 1. The molecule has 112 valence electrons. The van der Waals surface area contributed by atoms with Crippen LogP contribution in [0.3, 0.4) is 0 Å². The highest BCUT2D eigenvalue weighted by Gasteiger charge is 2.20. The molecule has 0 aromatic carbocycles. The maximum Gasteiger partial charge on any atom is 0.243 e. The summed E-state index contributed by atoms with van der Waals surface area (Å²) in [7, 11) is -3.62. The fourth-order valence-electron chi connectivity index (χ4n) is 2.01. The molecule has 1 fully saturated rings. The second-order valence-corrected chi connectivity index (χ2v) is 6.43. The summed E-state index contributed by atoms with van der Waals surface area (Å²) < 4.78 is 32.1. The number of rotatable bonds is 5. The van der Waals surface area contributed by atoms with Crippen molar-refractivity contribution in [2.75, 3.05) is 38.6 Å². The first-order valence-electron chi connectivity index (χ1n) is 6.37. The van der Waals surface area contributed by atoms with Crippen LogP contribution < -0.4 is 10.5 Å². The van der Waals surface area contributed by atoms with Crippen LogP contribution in [0.5, 0.6) is 0 Å². The Morgan fingerprint density at radius 3 is 2.60 bits per heavy atom. The lowest BCUT2D eigenvalue weighted by Crippen LogP contribution is -2.45. The third kappa shape index (κ3) is 4.10. The van der Waals surface area contributed by atoms with E-state index in [0.717, 1.165) is 13.1 Å². The summed E-state index contributed by atoms with van der Waals surface area (Å²) in [6.07, 6.45) is 2.40. The van der Waals surface area contributed by atoms with E-state index in [9.17, 15) is 8.42 Å². The highest BCUT2D eigenvalue weighted by molar-refractivity contribution is 7.89. The zero-order chi connectivity index (χ0) is 14.6. The van der Waals surface area contributed by atoms with Gasteiger partial charge in [-0.2, -0.15) is 0 Å². The second kappa shape index (κ2) is 6.44. The minimum atomic E-state index is -3.62. The Morgan fingerprint density at radius 2 is 2.00 bits per heavy atom. The number of nitrogen functional groups attached to an aromatic ring is 1. The molecule has 8 nitrogen and oxygen atoms in total. The number of morpholine rings is 1. The topological polar surface area (TPSA) is 110 Å². The van der Waals surface area contributed by atoms with E-state index >= 15 is 0 Å². The number of aromatic nitrogens is 2. The Bertz CT molecular complexity index is 527. The Kier molecular flexibility index (Phi) is 4.86. The van der Waals surface area contributed by atoms with Gasteiger partial charge in [-0.1, -0.05) is 0 Å². The Morgan fingerprint density at radius 1 is 1.40 bits per heavy atom. The molecule has 1 aliphatic rings. The third-order valence-electron chi connectivity index (χ3n) is 2.95. The van der Waals surface area contributed by atoms with Gasteiger partial charge in [-0.05, 0) is 6.92 Å². The van der Waals surface area contributed by atoms with Crippen LogP contribution in [0.1, 0.15) is 6.92 Å². The molecule has 0 spiro atoms. The molecule has 0 aliphatic carbocycles. The van der Waals surface area contributed by atoms with Crippen molar-refractivity contribution >= 4 is 16.0 Å². The van der Waals surface area contributed by atoms with Gasteiger partial charge in [-0.15, -0.1) is 0 Å². The van der Waals surface area contributed by atoms with E-state index < -0.39 is 10.0 Å². The van der Waals surface area contributed by atoms with E-state index in [1.54, 1.807) is 0 Å². The maximum atomic E-state index is 12.1. The van der Waals surface area contributed by atoms with Gasteiger partial charge in [-0.25, -0.2) is 23.1 Å². The van der Waals surface area contributed by atoms with Crippen molar-refractivity contribution in [2.45, 2.75) is 17.9 Å². The summed E-state index contributed by atoms with van der Waals surface area (Å²) in [5.74, 6) is 0.0466. The Labute approximate surface area is 118 Å². The molecule has 0 amide bonds. The van der Waals surface area contributed by atoms with E-state index in [0.29, 0.717) is 19.8 Å². The quantitative estimate of drug-likeness (QED) is 0.722. The molecule has 1 saturated heterocycles. The van der Waals surface area contributed by atoms with Crippen LogP contribution in [0, 0.1) is 0 Å². The van der Waals surface area contributed by atoms with Crippen LogP contribution >= 0.6 is 0 Å². The summed E-state index contributed by atoms with van der Waals surface area (Å²) in [6.45, 7) is 5.47. The molecular weight excluding hydrogens is 282 g/mol. The second-order valence-electron chi connectivity index (χ2n) is 4.71. The normalized spacial score (nSPS) is 18.9. The van der Waals surface area contributed by atoms with Gasteiger partial charge in [0.1, 0.15) is 4.90 Å². The molecular formula is C11H19N5O3S. The van der Waals surface area contributed by atoms with E-state index in [4.69, 9.17) is 10.5 Å². The van der Waals surface area contributed by atoms with Gasteiger partial charge in [0.2, 0.25) is 16.0 Å². The lowest BCUT2D eigenvalue weighted by atomic mass is 10.3. The summed E-state index contributed by atoms with van der Waals surface area (Å²) in [6, 6.07) is -0.212. The number of anilines is 1. The summed E-state index contributed by atoms with van der Waals surface area (Å²) in [4.78, 5) is 9.56. The molecule has 0 radical (unpaired) electrons. The number of sulfonamides is 1. The molecule has 2 heterocycles. The molecule has 0 bridgehead atoms. The highest BCUT2D eigenvalue weighted by Crippen LogP contribution is 2.07. The van der Waals surface area contributed by atoms with Crippen molar-refractivity contribution < 1.29 is 13.2 Å². The fraction of sp³-hybridized carbons (Fsp3) is 0.636. The minimum Gasteiger partial charge on any atom is -0.379 e. The van der Waals surface area contributed by atoms with Crippen molar-refractivity contribution in [3.8, 4) is 0 Å². The van der Waals surface area contributed by atoms with Crippen LogP contribution in [0.15, 0.2) is 17.3 Å². The minimum absolute atomic E-state index is 0.0144. The zero-order valence-electron chi connectivity index (χ0n) is 11.3. The summed E-state index contributed by atoms with van der Waals surface area (Å²) >= 11 is 0. The van der Waals surface area contributed by atoms with Gasteiger partial charge >= 0.3 is 0 Å². The standard InChI is InChI=1S/C11H19N5O3S/c1-9(8-16-2-4-19-5-3-16)15-20(17,18)10-6-13-11(12)14-7-10/h6-7,9,15H,2-5,8H2,1H3,(H2,12,13,14). The fourth-order valence-corrected chi connectivity index (χ4v) is 3.13.